The lowest BCUT2D eigenvalue weighted by atomic mass is 9.86. The standard InChI is InChI=1S/C17H23Cl2N3O2/c1-17(2,3)14(20)16(24)22-6-4-21(5-7-22)15(23)11-8-12(18)10-13(19)9-11/h8-10,14H,4-7,20H2,1-3H3/t14-/m1/s1. The van der Waals surface area contributed by atoms with E-state index in [1.54, 1.807) is 28.0 Å². The maximum Gasteiger partial charge on any atom is 0.254 e. The van der Waals surface area contributed by atoms with Gasteiger partial charge in [-0.1, -0.05) is 44.0 Å². The van der Waals surface area contributed by atoms with Crippen molar-refractivity contribution in [2.24, 2.45) is 11.1 Å². The van der Waals surface area contributed by atoms with Gasteiger partial charge in [0.05, 0.1) is 6.04 Å². The highest BCUT2D eigenvalue weighted by Gasteiger charge is 2.33. The third-order valence-electron chi connectivity index (χ3n) is 4.19. The van der Waals surface area contributed by atoms with E-state index >= 15 is 0 Å². The number of nitrogens with zero attached hydrogens (tertiary/aromatic N) is 2. The lowest BCUT2D eigenvalue weighted by Crippen LogP contribution is -2.56. The van der Waals surface area contributed by atoms with Crippen LogP contribution >= 0.6 is 23.2 Å². The van der Waals surface area contributed by atoms with Crippen molar-refractivity contribution in [2.45, 2.75) is 26.8 Å². The molecule has 0 bridgehead atoms. The van der Waals surface area contributed by atoms with E-state index in [1.165, 1.54) is 0 Å². The average molecular weight is 372 g/mol. The molecule has 0 aliphatic carbocycles. The van der Waals surface area contributed by atoms with Crippen LogP contribution < -0.4 is 5.73 Å². The molecule has 0 spiro atoms. The summed E-state index contributed by atoms with van der Waals surface area (Å²) in [7, 11) is 0. The maximum absolute atomic E-state index is 12.6. The molecule has 5 nitrogen and oxygen atoms in total. The highest BCUT2D eigenvalue weighted by atomic mass is 35.5. The maximum atomic E-state index is 12.6. The Kier molecular flexibility index (Phi) is 5.78. The largest absolute Gasteiger partial charge is 0.338 e. The molecule has 2 rings (SSSR count). The predicted molar refractivity (Wildman–Crippen MR) is 96.4 cm³/mol. The zero-order valence-corrected chi connectivity index (χ0v) is 15.7. The Morgan fingerprint density at radius 1 is 1.00 bits per heavy atom. The van der Waals surface area contributed by atoms with Crippen molar-refractivity contribution in [1.82, 2.24) is 9.80 Å². The topological polar surface area (TPSA) is 66.6 Å². The number of benzene rings is 1. The van der Waals surface area contributed by atoms with Gasteiger partial charge in [0.15, 0.2) is 0 Å². The van der Waals surface area contributed by atoms with E-state index in [-0.39, 0.29) is 17.2 Å². The lowest BCUT2D eigenvalue weighted by molar-refractivity contribution is -0.136. The third kappa shape index (κ3) is 4.41. The third-order valence-corrected chi connectivity index (χ3v) is 4.62. The van der Waals surface area contributed by atoms with Crippen LogP contribution in [-0.4, -0.2) is 53.8 Å². The Morgan fingerprint density at radius 3 is 1.92 bits per heavy atom. The number of hydrogen-bond acceptors (Lipinski definition) is 3. The van der Waals surface area contributed by atoms with E-state index in [0.29, 0.717) is 41.8 Å². The normalized spacial score (nSPS) is 16.9. The molecule has 1 aromatic carbocycles. The molecular formula is C17H23Cl2N3O2. The quantitative estimate of drug-likeness (QED) is 0.868. The number of carbonyl (C=O) groups is 2. The van der Waals surface area contributed by atoms with Gasteiger partial charge >= 0.3 is 0 Å². The summed E-state index contributed by atoms with van der Waals surface area (Å²) in [5, 5.41) is 0.853. The minimum Gasteiger partial charge on any atom is -0.338 e. The number of piperazine rings is 1. The second-order valence-corrected chi connectivity index (χ2v) is 7.99. The van der Waals surface area contributed by atoms with E-state index in [9.17, 15) is 9.59 Å². The Hall–Kier alpha value is -1.30. The average Bonchev–Trinajstić information content (AvgIpc) is 2.51. The molecule has 7 heteroatoms. The highest BCUT2D eigenvalue weighted by molar-refractivity contribution is 6.35. The summed E-state index contributed by atoms with van der Waals surface area (Å²) >= 11 is 11.9. The molecule has 0 unspecified atom stereocenters. The highest BCUT2D eigenvalue weighted by Crippen LogP contribution is 2.22. The van der Waals surface area contributed by atoms with Crippen LogP contribution in [0.3, 0.4) is 0 Å². The number of rotatable bonds is 2. The van der Waals surface area contributed by atoms with Crippen LogP contribution in [0.4, 0.5) is 0 Å². The van der Waals surface area contributed by atoms with Crippen LogP contribution in [0.1, 0.15) is 31.1 Å². The van der Waals surface area contributed by atoms with E-state index < -0.39 is 6.04 Å². The molecule has 1 aliphatic rings. The molecular weight excluding hydrogens is 349 g/mol. The number of amides is 2. The molecule has 132 valence electrons. The summed E-state index contributed by atoms with van der Waals surface area (Å²) in [6.07, 6.45) is 0. The predicted octanol–water partition coefficient (Wildman–Crippen LogP) is 2.65. The molecule has 0 radical (unpaired) electrons. The van der Waals surface area contributed by atoms with Crippen molar-refractivity contribution in [3.63, 3.8) is 0 Å². The van der Waals surface area contributed by atoms with Crippen molar-refractivity contribution in [3.8, 4) is 0 Å². The van der Waals surface area contributed by atoms with Crippen LogP contribution in [0, 0.1) is 5.41 Å². The molecule has 1 heterocycles. The van der Waals surface area contributed by atoms with Gasteiger partial charge in [-0.25, -0.2) is 0 Å². The zero-order valence-electron chi connectivity index (χ0n) is 14.2. The summed E-state index contributed by atoms with van der Waals surface area (Å²) < 4.78 is 0. The fourth-order valence-electron chi connectivity index (χ4n) is 2.56. The second-order valence-electron chi connectivity index (χ2n) is 7.12. The molecule has 0 saturated carbocycles. The Morgan fingerprint density at radius 2 is 1.46 bits per heavy atom. The Balaban J connectivity index is 2.00. The summed E-state index contributed by atoms with van der Waals surface area (Å²) in [6, 6.07) is 4.24. The molecule has 1 aromatic rings. The smallest absolute Gasteiger partial charge is 0.254 e. The van der Waals surface area contributed by atoms with Crippen molar-refractivity contribution in [3.05, 3.63) is 33.8 Å². The Labute approximate surface area is 152 Å². The van der Waals surface area contributed by atoms with Gasteiger partial charge in [0, 0.05) is 41.8 Å². The van der Waals surface area contributed by atoms with Crippen molar-refractivity contribution < 1.29 is 9.59 Å². The van der Waals surface area contributed by atoms with Gasteiger partial charge in [0.1, 0.15) is 0 Å². The van der Waals surface area contributed by atoms with E-state index in [2.05, 4.69) is 0 Å². The van der Waals surface area contributed by atoms with Crippen LogP contribution in [0.15, 0.2) is 18.2 Å². The first-order valence-electron chi connectivity index (χ1n) is 7.89. The molecule has 1 aliphatic heterocycles. The first-order valence-corrected chi connectivity index (χ1v) is 8.65. The summed E-state index contributed by atoms with van der Waals surface area (Å²) in [4.78, 5) is 28.4. The first kappa shape index (κ1) is 19.0. The minimum absolute atomic E-state index is 0.0691. The number of hydrogen-bond donors (Lipinski definition) is 1. The molecule has 1 atom stereocenters. The first-order chi connectivity index (χ1) is 11.1. The van der Waals surface area contributed by atoms with Crippen molar-refractivity contribution in [1.29, 1.82) is 0 Å². The summed E-state index contributed by atoms with van der Waals surface area (Å²) in [5.74, 6) is -0.202. The van der Waals surface area contributed by atoms with Gasteiger partial charge < -0.3 is 15.5 Å². The minimum atomic E-state index is -0.550. The number of carbonyl (C=O) groups excluding carboxylic acids is 2. The molecule has 2 amide bonds. The fourth-order valence-corrected chi connectivity index (χ4v) is 3.08. The molecule has 0 aromatic heterocycles. The van der Waals surface area contributed by atoms with Crippen LogP contribution in [0.25, 0.3) is 0 Å². The fraction of sp³-hybridized carbons (Fsp3) is 0.529. The van der Waals surface area contributed by atoms with Gasteiger partial charge in [-0.15, -0.1) is 0 Å². The van der Waals surface area contributed by atoms with Gasteiger partial charge in [0.25, 0.3) is 5.91 Å². The van der Waals surface area contributed by atoms with Crippen molar-refractivity contribution in [2.75, 3.05) is 26.2 Å². The van der Waals surface area contributed by atoms with Crippen molar-refractivity contribution >= 4 is 35.0 Å². The molecule has 2 N–H and O–H groups in total. The zero-order chi connectivity index (χ0) is 18.1. The van der Waals surface area contributed by atoms with Gasteiger partial charge in [-0.2, -0.15) is 0 Å². The number of halogens is 2. The van der Waals surface area contributed by atoms with Crippen LogP contribution in [0.5, 0.6) is 0 Å². The lowest BCUT2D eigenvalue weighted by Gasteiger charge is -2.38. The van der Waals surface area contributed by atoms with Gasteiger partial charge in [-0.05, 0) is 23.6 Å². The van der Waals surface area contributed by atoms with E-state index in [0.717, 1.165) is 0 Å². The van der Waals surface area contributed by atoms with Gasteiger partial charge in [-0.3, -0.25) is 9.59 Å². The second kappa shape index (κ2) is 7.30. The van der Waals surface area contributed by atoms with E-state index in [4.69, 9.17) is 28.9 Å². The molecule has 24 heavy (non-hydrogen) atoms. The van der Waals surface area contributed by atoms with E-state index in [1.807, 2.05) is 20.8 Å². The molecule has 1 fully saturated rings. The van der Waals surface area contributed by atoms with Crippen LogP contribution in [-0.2, 0) is 4.79 Å². The van der Waals surface area contributed by atoms with Gasteiger partial charge in [0.2, 0.25) is 5.91 Å². The monoisotopic (exact) mass is 371 g/mol. The summed E-state index contributed by atoms with van der Waals surface area (Å²) in [5.41, 5.74) is 6.21. The summed E-state index contributed by atoms with van der Waals surface area (Å²) in [6.45, 7) is 7.71. The Bertz CT molecular complexity index is 615. The SMILES string of the molecule is CC(C)(C)[C@H](N)C(=O)N1CCN(C(=O)c2cc(Cl)cc(Cl)c2)CC1. The number of nitrogens with two attached hydrogens (primary N) is 1. The molecule has 1 saturated heterocycles. The van der Waals surface area contributed by atoms with Crippen LogP contribution in [0.2, 0.25) is 10.0 Å².